The highest BCUT2D eigenvalue weighted by molar-refractivity contribution is 8.18. The fraction of sp³-hybridized carbons (Fsp3) is 0.615. The number of unbranched alkanes of at least 4 members (excludes halogenated alkanes) is 2. The summed E-state index contributed by atoms with van der Waals surface area (Å²) in [5.41, 5.74) is 0. The molecule has 0 aromatic rings. The summed E-state index contributed by atoms with van der Waals surface area (Å²) < 4.78 is 0. The van der Waals surface area contributed by atoms with Crippen molar-refractivity contribution in [1.82, 2.24) is 4.90 Å². The van der Waals surface area contributed by atoms with Gasteiger partial charge in [0.15, 0.2) is 5.17 Å². The third-order valence-corrected chi connectivity index (χ3v) is 3.68. The molecule has 0 unspecified atom stereocenters. The summed E-state index contributed by atoms with van der Waals surface area (Å²) in [5, 5.41) is 9.39. The van der Waals surface area contributed by atoms with Crippen molar-refractivity contribution in [3.8, 4) is 0 Å². The van der Waals surface area contributed by atoms with Crippen LogP contribution in [0, 0.1) is 0 Å². The molecule has 19 heavy (non-hydrogen) atoms. The van der Waals surface area contributed by atoms with Crippen molar-refractivity contribution in [2.24, 2.45) is 4.99 Å². The normalized spacial score (nSPS) is 19.7. The van der Waals surface area contributed by atoms with E-state index >= 15 is 0 Å². The average molecular weight is 284 g/mol. The predicted octanol–water partition coefficient (Wildman–Crippen LogP) is 2.49. The standard InChI is InChI=1S/C13H20N2O3S/c1-3-5-7-14-13-15(8-6-4-2)12(18)10(19-13)9-11(16)17/h9H,3-8H2,1-2H3,(H,16,17)/b10-9-,14-13?. The van der Waals surface area contributed by atoms with Crippen LogP contribution in [-0.4, -0.2) is 40.1 Å². The molecule has 1 fully saturated rings. The zero-order valence-electron chi connectivity index (χ0n) is 11.4. The Morgan fingerprint density at radius 1 is 1.37 bits per heavy atom. The zero-order chi connectivity index (χ0) is 14.3. The molecular formula is C13H20N2O3S. The minimum atomic E-state index is -1.10. The van der Waals surface area contributed by atoms with E-state index in [9.17, 15) is 9.59 Å². The van der Waals surface area contributed by atoms with E-state index in [1.165, 1.54) is 0 Å². The van der Waals surface area contributed by atoms with Gasteiger partial charge in [-0.25, -0.2) is 4.79 Å². The number of carboxylic acid groups (broad SMARTS) is 1. The number of carbonyl (C=O) groups excluding carboxylic acids is 1. The van der Waals surface area contributed by atoms with Crippen molar-refractivity contribution in [1.29, 1.82) is 0 Å². The lowest BCUT2D eigenvalue weighted by Gasteiger charge is -2.14. The van der Waals surface area contributed by atoms with Gasteiger partial charge in [0.1, 0.15) is 0 Å². The van der Waals surface area contributed by atoms with Crippen molar-refractivity contribution in [3.63, 3.8) is 0 Å². The Labute approximate surface area is 117 Å². The molecule has 0 bridgehead atoms. The minimum absolute atomic E-state index is 0.240. The number of hydrogen-bond acceptors (Lipinski definition) is 4. The van der Waals surface area contributed by atoms with Crippen LogP contribution < -0.4 is 0 Å². The number of aliphatic imine (C=N–C) groups is 1. The van der Waals surface area contributed by atoms with Gasteiger partial charge in [0, 0.05) is 19.2 Å². The molecule has 0 aliphatic carbocycles. The number of thioether (sulfide) groups is 1. The van der Waals surface area contributed by atoms with Crippen molar-refractivity contribution < 1.29 is 14.7 Å². The predicted molar refractivity (Wildman–Crippen MR) is 77.1 cm³/mol. The SMILES string of the molecule is CCCCN=C1S/C(=C\C(=O)O)C(=O)N1CCCC. The maximum atomic E-state index is 12.1. The highest BCUT2D eigenvalue weighted by Gasteiger charge is 2.33. The largest absolute Gasteiger partial charge is 0.478 e. The molecule has 6 heteroatoms. The van der Waals surface area contributed by atoms with E-state index in [0.717, 1.165) is 43.5 Å². The van der Waals surface area contributed by atoms with Crippen LogP contribution in [0.1, 0.15) is 39.5 Å². The van der Waals surface area contributed by atoms with E-state index in [2.05, 4.69) is 18.8 Å². The first-order chi connectivity index (χ1) is 9.10. The van der Waals surface area contributed by atoms with Crippen LogP contribution in [0.15, 0.2) is 16.0 Å². The molecule has 106 valence electrons. The number of amides is 1. The number of aliphatic carboxylic acids is 1. The molecule has 0 saturated carbocycles. The van der Waals surface area contributed by atoms with Crippen molar-refractivity contribution in [2.45, 2.75) is 39.5 Å². The molecule has 1 N–H and O–H groups in total. The van der Waals surface area contributed by atoms with Crippen molar-refractivity contribution in [3.05, 3.63) is 11.0 Å². The number of nitrogens with zero attached hydrogens (tertiary/aromatic N) is 2. The highest BCUT2D eigenvalue weighted by Crippen LogP contribution is 2.31. The summed E-state index contributed by atoms with van der Waals surface area (Å²) in [6.07, 6.45) is 4.85. The third kappa shape index (κ3) is 4.70. The molecule has 0 radical (unpaired) electrons. The van der Waals surface area contributed by atoms with E-state index in [0.29, 0.717) is 18.3 Å². The maximum absolute atomic E-state index is 12.1. The van der Waals surface area contributed by atoms with Crippen LogP contribution in [0.4, 0.5) is 0 Å². The second-order valence-corrected chi connectivity index (χ2v) is 5.29. The second kappa shape index (κ2) is 7.99. The van der Waals surface area contributed by atoms with Crippen LogP contribution in [0.25, 0.3) is 0 Å². The lowest BCUT2D eigenvalue weighted by Crippen LogP contribution is -2.30. The minimum Gasteiger partial charge on any atom is -0.478 e. The monoisotopic (exact) mass is 284 g/mol. The van der Waals surface area contributed by atoms with Gasteiger partial charge in [-0.15, -0.1) is 0 Å². The van der Waals surface area contributed by atoms with Gasteiger partial charge in [-0.1, -0.05) is 26.7 Å². The van der Waals surface area contributed by atoms with E-state index in [1.54, 1.807) is 4.90 Å². The van der Waals surface area contributed by atoms with E-state index in [4.69, 9.17) is 5.11 Å². The van der Waals surface area contributed by atoms with Gasteiger partial charge >= 0.3 is 5.97 Å². The Balaban J connectivity index is 2.84. The maximum Gasteiger partial charge on any atom is 0.329 e. The number of rotatable bonds is 7. The molecule has 0 atom stereocenters. The molecule has 0 aromatic carbocycles. The van der Waals surface area contributed by atoms with E-state index < -0.39 is 5.97 Å². The highest BCUT2D eigenvalue weighted by atomic mass is 32.2. The van der Waals surface area contributed by atoms with Gasteiger partial charge in [0.05, 0.1) is 4.91 Å². The first-order valence-electron chi connectivity index (χ1n) is 6.58. The molecule has 1 aliphatic heterocycles. The molecule has 1 heterocycles. The van der Waals surface area contributed by atoms with Gasteiger partial charge < -0.3 is 5.11 Å². The first kappa shape index (κ1) is 15.8. The average Bonchev–Trinajstić information content (AvgIpc) is 2.64. The van der Waals surface area contributed by atoms with Gasteiger partial charge in [-0.2, -0.15) is 0 Å². The summed E-state index contributed by atoms with van der Waals surface area (Å²) in [4.78, 5) is 29.0. The van der Waals surface area contributed by atoms with Crippen LogP contribution in [-0.2, 0) is 9.59 Å². The Bertz CT molecular complexity index is 405. The van der Waals surface area contributed by atoms with Crippen LogP contribution in [0.3, 0.4) is 0 Å². The number of amidine groups is 1. The molecule has 1 saturated heterocycles. The fourth-order valence-corrected chi connectivity index (χ4v) is 2.58. The summed E-state index contributed by atoms with van der Waals surface area (Å²) in [6.45, 7) is 5.41. The smallest absolute Gasteiger partial charge is 0.329 e. The van der Waals surface area contributed by atoms with E-state index in [1.807, 2.05) is 0 Å². The summed E-state index contributed by atoms with van der Waals surface area (Å²) in [6, 6.07) is 0. The zero-order valence-corrected chi connectivity index (χ0v) is 12.2. The summed E-state index contributed by atoms with van der Waals surface area (Å²) in [5.74, 6) is -1.34. The number of carboxylic acids is 1. The molecule has 0 aromatic heterocycles. The molecule has 1 amide bonds. The number of carbonyl (C=O) groups is 2. The lowest BCUT2D eigenvalue weighted by molar-refractivity contribution is -0.132. The quantitative estimate of drug-likeness (QED) is 0.576. The van der Waals surface area contributed by atoms with Gasteiger partial charge in [-0.3, -0.25) is 14.7 Å². The Morgan fingerprint density at radius 2 is 2.05 bits per heavy atom. The molecular weight excluding hydrogens is 264 g/mol. The van der Waals surface area contributed by atoms with Crippen LogP contribution in [0.2, 0.25) is 0 Å². The van der Waals surface area contributed by atoms with Crippen molar-refractivity contribution in [2.75, 3.05) is 13.1 Å². The topological polar surface area (TPSA) is 70.0 Å². The van der Waals surface area contributed by atoms with Gasteiger partial charge in [-0.05, 0) is 24.6 Å². The Kier molecular flexibility index (Phi) is 6.62. The van der Waals surface area contributed by atoms with Gasteiger partial charge in [0.2, 0.25) is 0 Å². The molecule has 1 aliphatic rings. The second-order valence-electron chi connectivity index (χ2n) is 4.28. The van der Waals surface area contributed by atoms with Crippen LogP contribution in [0.5, 0.6) is 0 Å². The molecule has 0 spiro atoms. The third-order valence-electron chi connectivity index (χ3n) is 2.64. The van der Waals surface area contributed by atoms with Crippen molar-refractivity contribution >= 4 is 28.8 Å². The summed E-state index contributed by atoms with van der Waals surface area (Å²) in [7, 11) is 0. The Hall–Kier alpha value is -1.30. The number of hydrogen-bond donors (Lipinski definition) is 1. The van der Waals surface area contributed by atoms with Crippen LogP contribution >= 0.6 is 11.8 Å². The fourth-order valence-electron chi connectivity index (χ4n) is 1.58. The Morgan fingerprint density at radius 3 is 2.63 bits per heavy atom. The first-order valence-corrected chi connectivity index (χ1v) is 7.40. The van der Waals surface area contributed by atoms with Gasteiger partial charge in [0.25, 0.3) is 5.91 Å². The lowest BCUT2D eigenvalue weighted by atomic mass is 10.3. The van der Waals surface area contributed by atoms with E-state index in [-0.39, 0.29) is 10.8 Å². The molecule has 5 nitrogen and oxygen atoms in total. The summed E-state index contributed by atoms with van der Waals surface area (Å²) >= 11 is 1.16. The molecule has 1 rings (SSSR count).